The summed E-state index contributed by atoms with van der Waals surface area (Å²) < 4.78 is 13.8. The molecule has 4 nitrogen and oxygen atoms in total. The summed E-state index contributed by atoms with van der Waals surface area (Å²) in [5.74, 6) is 0.941. The molecule has 0 saturated carbocycles. The summed E-state index contributed by atoms with van der Waals surface area (Å²) >= 11 is 0. The highest BCUT2D eigenvalue weighted by molar-refractivity contribution is 6.63. The van der Waals surface area contributed by atoms with E-state index in [4.69, 9.17) is 14.3 Å². The van der Waals surface area contributed by atoms with Crippen LogP contribution in [-0.2, 0) is 9.31 Å². The Morgan fingerprint density at radius 3 is 2.34 bits per heavy atom. The molecule has 1 aliphatic rings. The van der Waals surface area contributed by atoms with Gasteiger partial charge in [-0.15, -0.1) is 0 Å². The molecule has 150 valence electrons. The standard InChI is InChI=1S/C27H17BN2O2/c1-16-17(2)32-28(31-16)19-12-14-21-22-13-11-18-7-3-4-8-20(18)26(22)27-29-23-9-5-6-10-24(23)30(27)25(21)15-19/h3-15H,1-2H2. The quantitative estimate of drug-likeness (QED) is 0.256. The third-order valence-corrected chi connectivity index (χ3v) is 6.35. The smallest absolute Gasteiger partial charge is 0.520 e. The minimum absolute atomic E-state index is 0.471. The molecule has 1 saturated heterocycles. The Kier molecular flexibility index (Phi) is 3.35. The van der Waals surface area contributed by atoms with Crippen molar-refractivity contribution in [3.63, 3.8) is 0 Å². The highest BCUT2D eigenvalue weighted by Gasteiger charge is 2.34. The first kappa shape index (κ1) is 17.4. The summed E-state index contributed by atoms with van der Waals surface area (Å²) in [6.07, 6.45) is 0. The first-order valence-corrected chi connectivity index (χ1v) is 10.5. The van der Waals surface area contributed by atoms with Gasteiger partial charge in [-0.1, -0.05) is 73.8 Å². The lowest BCUT2D eigenvalue weighted by Gasteiger charge is -2.13. The maximum Gasteiger partial charge on any atom is 0.632 e. The van der Waals surface area contributed by atoms with E-state index in [-0.39, 0.29) is 0 Å². The topological polar surface area (TPSA) is 35.8 Å². The number of hydrogen-bond donors (Lipinski definition) is 0. The predicted octanol–water partition coefficient (Wildman–Crippen LogP) is 5.72. The van der Waals surface area contributed by atoms with Crippen molar-refractivity contribution in [2.24, 2.45) is 0 Å². The lowest BCUT2D eigenvalue weighted by Crippen LogP contribution is -2.31. The Labute approximate surface area is 184 Å². The fourth-order valence-corrected chi connectivity index (χ4v) is 4.83. The van der Waals surface area contributed by atoms with E-state index in [0.717, 1.165) is 38.4 Å². The van der Waals surface area contributed by atoms with E-state index in [1.54, 1.807) is 0 Å². The number of para-hydroxylation sites is 2. The van der Waals surface area contributed by atoms with E-state index in [2.05, 4.69) is 90.4 Å². The molecule has 0 bridgehead atoms. The van der Waals surface area contributed by atoms with Gasteiger partial charge >= 0.3 is 7.12 Å². The van der Waals surface area contributed by atoms with Crippen molar-refractivity contribution in [2.75, 3.05) is 0 Å². The number of aromatic nitrogens is 2. The van der Waals surface area contributed by atoms with E-state index >= 15 is 0 Å². The molecule has 0 unspecified atom stereocenters. The van der Waals surface area contributed by atoms with E-state index in [9.17, 15) is 0 Å². The first-order valence-electron chi connectivity index (χ1n) is 10.5. The molecule has 4 aromatic carbocycles. The average molecular weight is 412 g/mol. The number of imidazole rings is 1. The monoisotopic (exact) mass is 412 g/mol. The molecule has 0 aliphatic carbocycles. The summed E-state index contributed by atoms with van der Waals surface area (Å²) in [5.41, 5.74) is 4.96. The molecular weight excluding hydrogens is 395 g/mol. The highest BCUT2D eigenvalue weighted by atomic mass is 16.6. The molecule has 0 N–H and O–H groups in total. The summed E-state index contributed by atoms with van der Waals surface area (Å²) in [4.78, 5) is 5.07. The zero-order valence-electron chi connectivity index (χ0n) is 17.2. The summed E-state index contributed by atoms with van der Waals surface area (Å²) in [5, 5.41) is 5.90. The Hall–Kier alpha value is -4.25. The molecular formula is C27H17BN2O2. The van der Waals surface area contributed by atoms with Gasteiger partial charge in [-0.3, -0.25) is 4.40 Å². The van der Waals surface area contributed by atoms with Crippen molar-refractivity contribution in [1.29, 1.82) is 0 Å². The molecule has 0 spiro atoms. The first-order chi connectivity index (χ1) is 15.7. The molecule has 2 aromatic heterocycles. The van der Waals surface area contributed by atoms with Crippen LogP contribution in [0.15, 0.2) is 104 Å². The lowest BCUT2D eigenvalue weighted by molar-refractivity contribution is 0.431. The van der Waals surface area contributed by atoms with Gasteiger partial charge in [0.25, 0.3) is 0 Å². The summed E-state index contributed by atoms with van der Waals surface area (Å²) in [6.45, 7) is 7.73. The van der Waals surface area contributed by atoms with Gasteiger partial charge in [-0.2, -0.15) is 0 Å². The van der Waals surface area contributed by atoms with Crippen LogP contribution in [0.4, 0.5) is 0 Å². The number of pyridine rings is 1. The van der Waals surface area contributed by atoms with Crippen LogP contribution in [0.3, 0.4) is 0 Å². The molecule has 5 heteroatoms. The second-order valence-electron chi connectivity index (χ2n) is 8.16. The van der Waals surface area contributed by atoms with Crippen LogP contribution in [0.25, 0.3) is 49.1 Å². The van der Waals surface area contributed by atoms with Crippen LogP contribution in [0.1, 0.15) is 0 Å². The van der Waals surface area contributed by atoms with Crippen molar-refractivity contribution >= 4 is 61.7 Å². The summed E-state index contributed by atoms with van der Waals surface area (Å²) in [7, 11) is -0.545. The molecule has 0 amide bonds. The maximum absolute atomic E-state index is 5.79. The lowest BCUT2D eigenvalue weighted by atomic mass is 9.79. The fraction of sp³-hybridized carbons (Fsp3) is 0. The van der Waals surface area contributed by atoms with Gasteiger partial charge in [0.05, 0.1) is 16.6 Å². The predicted molar refractivity (Wildman–Crippen MR) is 131 cm³/mol. The number of rotatable bonds is 1. The van der Waals surface area contributed by atoms with Crippen molar-refractivity contribution in [2.45, 2.75) is 0 Å². The number of nitrogens with zero attached hydrogens (tertiary/aromatic N) is 2. The SMILES string of the molecule is C=C1OB(c2ccc3c4ccc5ccccc5c4c4nc5ccccc5n4c3c2)OC1=C. The molecule has 32 heavy (non-hydrogen) atoms. The van der Waals surface area contributed by atoms with E-state index in [1.807, 2.05) is 6.07 Å². The number of hydrogen-bond acceptors (Lipinski definition) is 3. The van der Waals surface area contributed by atoms with E-state index < -0.39 is 7.12 Å². The molecule has 0 atom stereocenters. The molecule has 1 fully saturated rings. The van der Waals surface area contributed by atoms with Gasteiger partial charge in [0, 0.05) is 16.2 Å². The third-order valence-electron chi connectivity index (χ3n) is 6.35. The Morgan fingerprint density at radius 2 is 1.47 bits per heavy atom. The van der Waals surface area contributed by atoms with Crippen LogP contribution >= 0.6 is 0 Å². The zero-order chi connectivity index (χ0) is 21.4. The highest BCUT2D eigenvalue weighted by Crippen LogP contribution is 2.36. The van der Waals surface area contributed by atoms with Gasteiger partial charge in [0.2, 0.25) is 0 Å². The van der Waals surface area contributed by atoms with Crippen LogP contribution in [0.2, 0.25) is 0 Å². The molecule has 6 aromatic rings. The number of fused-ring (bicyclic) bond motifs is 10. The zero-order valence-corrected chi connectivity index (χ0v) is 17.2. The second-order valence-corrected chi connectivity index (χ2v) is 8.16. The largest absolute Gasteiger partial charge is 0.632 e. The van der Waals surface area contributed by atoms with Crippen LogP contribution in [0, 0.1) is 0 Å². The Bertz CT molecular complexity index is 1770. The maximum atomic E-state index is 5.79. The van der Waals surface area contributed by atoms with Gasteiger partial charge in [-0.05, 0) is 34.4 Å². The van der Waals surface area contributed by atoms with Gasteiger partial charge in [0.1, 0.15) is 17.2 Å². The van der Waals surface area contributed by atoms with Gasteiger partial charge in [0.15, 0.2) is 0 Å². The van der Waals surface area contributed by atoms with Crippen LogP contribution in [-0.4, -0.2) is 16.5 Å². The Morgan fingerprint density at radius 1 is 0.719 bits per heavy atom. The van der Waals surface area contributed by atoms with Crippen LogP contribution in [0.5, 0.6) is 0 Å². The minimum atomic E-state index is -0.545. The van der Waals surface area contributed by atoms with Crippen molar-refractivity contribution < 1.29 is 9.31 Å². The van der Waals surface area contributed by atoms with Crippen LogP contribution < -0.4 is 5.46 Å². The number of benzene rings is 4. The van der Waals surface area contributed by atoms with E-state index in [1.165, 1.54) is 16.2 Å². The molecule has 3 heterocycles. The van der Waals surface area contributed by atoms with Crippen molar-refractivity contribution in [1.82, 2.24) is 9.38 Å². The average Bonchev–Trinajstić information content (AvgIpc) is 3.38. The Balaban J connectivity index is 1.68. The molecule has 0 radical (unpaired) electrons. The molecule has 7 rings (SSSR count). The van der Waals surface area contributed by atoms with Gasteiger partial charge in [-0.25, -0.2) is 4.98 Å². The molecule has 1 aliphatic heterocycles. The minimum Gasteiger partial charge on any atom is -0.520 e. The summed E-state index contributed by atoms with van der Waals surface area (Å²) in [6, 6.07) is 27.4. The second kappa shape index (κ2) is 6.14. The third kappa shape index (κ3) is 2.25. The van der Waals surface area contributed by atoms with E-state index in [0.29, 0.717) is 11.5 Å². The van der Waals surface area contributed by atoms with Gasteiger partial charge < -0.3 is 9.31 Å². The fourth-order valence-electron chi connectivity index (χ4n) is 4.83. The van der Waals surface area contributed by atoms with Crippen molar-refractivity contribution in [3.8, 4) is 0 Å². The van der Waals surface area contributed by atoms with Crippen molar-refractivity contribution in [3.05, 3.63) is 104 Å². The normalized spacial score (nSPS) is 14.2.